The number of carbonyl (C=O) groups is 1. The van der Waals surface area contributed by atoms with Crippen LogP contribution in [0.2, 0.25) is 0 Å². The van der Waals surface area contributed by atoms with Gasteiger partial charge in [-0.3, -0.25) is 4.68 Å². The molecule has 0 aliphatic rings. The molecule has 1 aromatic heterocycles. The van der Waals surface area contributed by atoms with E-state index >= 15 is 0 Å². The summed E-state index contributed by atoms with van der Waals surface area (Å²) in [7, 11) is 1.65. The van der Waals surface area contributed by atoms with Crippen molar-refractivity contribution < 1.29 is 39.5 Å². The maximum Gasteiger partial charge on any atom is 1.00 e. The molecular weight excluding hydrogens is 169 g/mol. The van der Waals surface area contributed by atoms with E-state index in [9.17, 15) is 9.90 Å². The Morgan fingerprint density at radius 3 is 2.58 bits per heavy atom. The number of aromatic nitrogens is 3. The van der Waals surface area contributed by atoms with Crippen molar-refractivity contribution in [3.05, 3.63) is 11.6 Å². The Labute approximate surface area is 92.1 Å². The van der Waals surface area contributed by atoms with E-state index in [-0.39, 0.29) is 36.0 Å². The van der Waals surface area contributed by atoms with Crippen molar-refractivity contribution in [2.24, 2.45) is 7.05 Å². The zero-order chi connectivity index (χ0) is 8.43. The fraction of sp³-hybridized carbons (Fsp3) is 0.500. The molecule has 0 saturated heterocycles. The Morgan fingerprint density at radius 2 is 2.25 bits per heavy atom. The first-order chi connectivity index (χ1) is 5.09. The van der Waals surface area contributed by atoms with Crippen molar-refractivity contribution in [1.82, 2.24) is 14.8 Å². The van der Waals surface area contributed by atoms with Crippen molar-refractivity contribution in [3.8, 4) is 0 Å². The smallest absolute Gasteiger partial charge is 0.550 e. The number of carboxylic acids is 1. The van der Waals surface area contributed by atoms with E-state index in [0.29, 0.717) is 11.6 Å². The summed E-state index contributed by atoms with van der Waals surface area (Å²) in [5, 5.41) is 14.0. The Morgan fingerprint density at radius 1 is 1.67 bits per heavy atom. The molecule has 0 bridgehead atoms. The normalized spacial score (nSPS) is 9.17. The number of aryl methyl sites for hydroxylation is 2. The third-order valence-electron chi connectivity index (χ3n) is 1.26. The molecule has 0 aliphatic carbocycles. The molecule has 0 saturated carbocycles. The zero-order valence-electron chi connectivity index (χ0n) is 7.37. The molecule has 12 heavy (non-hydrogen) atoms. The number of carboxylic acid groups (broad SMARTS) is 1. The van der Waals surface area contributed by atoms with E-state index in [1.54, 1.807) is 14.0 Å². The van der Waals surface area contributed by atoms with Gasteiger partial charge in [0.25, 0.3) is 0 Å². The Bertz CT molecular complexity index is 284. The first-order valence-corrected chi connectivity index (χ1v) is 3.16. The second-order valence-electron chi connectivity index (χ2n) is 2.25. The van der Waals surface area contributed by atoms with Gasteiger partial charge in [-0.1, -0.05) is 0 Å². The Hall–Kier alpha value is -0.390. The van der Waals surface area contributed by atoms with Crippen LogP contribution in [0.4, 0.5) is 0 Å². The number of hydrogen-bond donors (Lipinski definition) is 0. The van der Waals surface area contributed by atoms with Gasteiger partial charge >= 0.3 is 29.6 Å². The largest absolute Gasteiger partial charge is 1.00 e. The summed E-state index contributed by atoms with van der Waals surface area (Å²) in [5.74, 6) is -0.147. The summed E-state index contributed by atoms with van der Waals surface area (Å²) >= 11 is 0. The van der Waals surface area contributed by atoms with Crippen LogP contribution in [0.3, 0.4) is 0 Å². The van der Waals surface area contributed by atoms with Crippen molar-refractivity contribution in [3.63, 3.8) is 0 Å². The average Bonchev–Trinajstić information content (AvgIpc) is 2.09. The molecule has 1 aromatic rings. The SMILES string of the molecule is Cc1nc(CC(=O)[O-])n(C)n1.[Na+]. The van der Waals surface area contributed by atoms with Gasteiger partial charge < -0.3 is 9.90 Å². The summed E-state index contributed by atoms with van der Waals surface area (Å²) in [6, 6.07) is 0. The number of aliphatic carboxylic acids is 1. The van der Waals surface area contributed by atoms with Gasteiger partial charge in [-0.15, -0.1) is 0 Å². The molecule has 0 fully saturated rings. The Kier molecular flexibility index (Phi) is 4.44. The van der Waals surface area contributed by atoms with Gasteiger partial charge in [-0.25, -0.2) is 4.98 Å². The summed E-state index contributed by atoms with van der Waals surface area (Å²) in [5.41, 5.74) is 0. The molecule has 1 rings (SSSR count). The third-order valence-corrected chi connectivity index (χ3v) is 1.26. The van der Waals surface area contributed by atoms with Gasteiger partial charge in [0.2, 0.25) is 0 Å². The van der Waals surface area contributed by atoms with Crippen LogP contribution in [0.15, 0.2) is 0 Å². The third kappa shape index (κ3) is 2.92. The first kappa shape index (κ1) is 11.6. The molecule has 0 spiro atoms. The summed E-state index contributed by atoms with van der Waals surface area (Å²) in [6.07, 6.45) is -0.183. The number of nitrogens with zero attached hydrogens (tertiary/aromatic N) is 3. The van der Waals surface area contributed by atoms with Crippen LogP contribution in [-0.2, 0) is 18.3 Å². The van der Waals surface area contributed by atoms with Gasteiger partial charge in [0.05, 0.1) is 0 Å². The molecule has 6 heteroatoms. The maximum atomic E-state index is 10.1. The monoisotopic (exact) mass is 177 g/mol. The van der Waals surface area contributed by atoms with Crippen molar-refractivity contribution in [1.29, 1.82) is 0 Å². The minimum atomic E-state index is -1.14. The van der Waals surface area contributed by atoms with Crippen LogP contribution in [0.5, 0.6) is 0 Å². The summed E-state index contributed by atoms with van der Waals surface area (Å²) in [4.78, 5) is 14.0. The van der Waals surface area contributed by atoms with E-state index in [1.807, 2.05) is 0 Å². The fourth-order valence-corrected chi connectivity index (χ4v) is 0.839. The molecule has 5 nitrogen and oxygen atoms in total. The molecule has 0 aliphatic heterocycles. The standard InChI is InChI=1S/C6H9N3O2.Na/c1-4-7-5(3-6(10)11)9(2)8-4;/h3H2,1-2H3,(H,10,11);/q;+1/p-1. The Balaban J connectivity index is 0.00000121. The second kappa shape index (κ2) is 4.59. The second-order valence-corrected chi connectivity index (χ2v) is 2.25. The molecular formula is C6H8N3NaO2. The van der Waals surface area contributed by atoms with Crippen molar-refractivity contribution in [2.75, 3.05) is 0 Å². The van der Waals surface area contributed by atoms with E-state index in [1.165, 1.54) is 4.68 Å². The molecule has 0 N–H and O–H groups in total. The number of carbonyl (C=O) groups excluding carboxylic acids is 1. The minimum absolute atomic E-state index is 0. The van der Waals surface area contributed by atoms with Crippen LogP contribution in [0.1, 0.15) is 11.6 Å². The quantitative estimate of drug-likeness (QED) is 0.426. The number of hydrogen-bond acceptors (Lipinski definition) is 4. The molecule has 0 radical (unpaired) electrons. The van der Waals surface area contributed by atoms with Crippen molar-refractivity contribution in [2.45, 2.75) is 13.3 Å². The molecule has 0 aromatic carbocycles. The van der Waals surface area contributed by atoms with Crippen LogP contribution in [0.25, 0.3) is 0 Å². The van der Waals surface area contributed by atoms with E-state index in [2.05, 4.69) is 10.1 Å². The topological polar surface area (TPSA) is 70.8 Å². The average molecular weight is 177 g/mol. The predicted octanol–water partition coefficient (Wildman–Crippen LogP) is -4.58. The molecule has 1 heterocycles. The zero-order valence-corrected chi connectivity index (χ0v) is 9.37. The van der Waals surface area contributed by atoms with Crippen LogP contribution < -0.4 is 34.7 Å². The van der Waals surface area contributed by atoms with Gasteiger partial charge in [0, 0.05) is 19.4 Å². The van der Waals surface area contributed by atoms with Gasteiger partial charge in [0.15, 0.2) is 0 Å². The summed E-state index contributed by atoms with van der Waals surface area (Å²) < 4.78 is 1.44. The number of rotatable bonds is 2. The molecule has 60 valence electrons. The van der Waals surface area contributed by atoms with Gasteiger partial charge in [-0.2, -0.15) is 5.10 Å². The van der Waals surface area contributed by atoms with Gasteiger partial charge in [-0.05, 0) is 6.92 Å². The van der Waals surface area contributed by atoms with Crippen molar-refractivity contribution >= 4 is 5.97 Å². The van der Waals surface area contributed by atoms with Gasteiger partial charge in [0.1, 0.15) is 11.6 Å². The summed E-state index contributed by atoms with van der Waals surface area (Å²) in [6.45, 7) is 1.71. The van der Waals surface area contributed by atoms with Crippen LogP contribution >= 0.6 is 0 Å². The molecule has 0 atom stereocenters. The van der Waals surface area contributed by atoms with Crippen LogP contribution in [0, 0.1) is 6.92 Å². The van der Waals surface area contributed by atoms with Crippen LogP contribution in [-0.4, -0.2) is 20.7 Å². The van der Waals surface area contributed by atoms with E-state index < -0.39 is 5.97 Å². The van der Waals surface area contributed by atoms with E-state index in [0.717, 1.165) is 0 Å². The first-order valence-electron chi connectivity index (χ1n) is 3.16. The molecule has 0 unspecified atom stereocenters. The fourth-order valence-electron chi connectivity index (χ4n) is 0.839. The predicted molar refractivity (Wildman–Crippen MR) is 34.5 cm³/mol. The van der Waals surface area contributed by atoms with E-state index in [4.69, 9.17) is 0 Å². The maximum absolute atomic E-state index is 10.1. The minimum Gasteiger partial charge on any atom is -0.550 e. The molecule has 0 amide bonds.